The first kappa shape index (κ1) is 13.2. The smallest absolute Gasteiger partial charge is 0.218 e. The standard InChI is InChI=1S/C17H13ClN4O/c1-11-19-20-16-10-21-17(23-21,12-5-3-2-4-6-12)14-9-13(18)7-8-15(14)22(11)16/h2-9H,10H2,1H3/t17-,21?/m1/s1. The summed E-state index contributed by atoms with van der Waals surface area (Å²) in [6.07, 6.45) is 0. The van der Waals surface area contributed by atoms with Crippen molar-refractivity contribution < 1.29 is 4.84 Å². The molecule has 0 N–H and O–H groups in total. The fourth-order valence-corrected chi connectivity index (χ4v) is 3.58. The Balaban J connectivity index is 1.83. The molecule has 2 aromatic carbocycles. The van der Waals surface area contributed by atoms with E-state index in [1.165, 1.54) is 0 Å². The molecule has 114 valence electrons. The second-order valence-electron chi connectivity index (χ2n) is 5.80. The molecule has 5 rings (SSSR count). The van der Waals surface area contributed by atoms with Gasteiger partial charge in [-0.2, -0.15) is 0 Å². The van der Waals surface area contributed by atoms with Gasteiger partial charge in [0.1, 0.15) is 5.82 Å². The van der Waals surface area contributed by atoms with Crippen molar-refractivity contribution in [2.24, 2.45) is 0 Å². The summed E-state index contributed by atoms with van der Waals surface area (Å²) >= 11 is 6.29. The summed E-state index contributed by atoms with van der Waals surface area (Å²) < 4.78 is 2.08. The normalized spacial score (nSPS) is 24.3. The van der Waals surface area contributed by atoms with Crippen LogP contribution in [-0.2, 0) is 17.1 Å². The number of halogens is 1. The Bertz CT molecular complexity index is 924. The third kappa shape index (κ3) is 1.69. The molecule has 0 aliphatic carbocycles. The lowest BCUT2D eigenvalue weighted by Crippen LogP contribution is -2.18. The van der Waals surface area contributed by atoms with E-state index >= 15 is 0 Å². The van der Waals surface area contributed by atoms with Crippen LogP contribution in [0.25, 0.3) is 5.69 Å². The molecule has 1 saturated heterocycles. The van der Waals surface area contributed by atoms with Gasteiger partial charge < -0.3 is 0 Å². The zero-order chi connectivity index (χ0) is 15.6. The first-order chi connectivity index (χ1) is 11.2. The van der Waals surface area contributed by atoms with Crippen LogP contribution in [0.4, 0.5) is 0 Å². The first-order valence-electron chi connectivity index (χ1n) is 7.44. The molecule has 2 aliphatic rings. The SMILES string of the molecule is Cc1nnc2n1-c1ccc(Cl)cc1[C@@]1(c3ccccc3)ON1C2. The van der Waals surface area contributed by atoms with E-state index in [4.69, 9.17) is 16.4 Å². The van der Waals surface area contributed by atoms with Crippen molar-refractivity contribution in [2.75, 3.05) is 0 Å². The van der Waals surface area contributed by atoms with Crippen molar-refractivity contribution in [1.29, 1.82) is 0 Å². The molecule has 0 amide bonds. The molecule has 1 fully saturated rings. The van der Waals surface area contributed by atoms with Crippen molar-refractivity contribution in [3.63, 3.8) is 0 Å². The van der Waals surface area contributed by atoms with E-state index in [1.54, 1.807) is 0 Å². The molecule has 1 unspecified atom stereocenters. The molecule has 0 saturated carbocycles. The average Bonchev–Trinajstić information content (AvgIpc) is 3.20. The summed E-state index contributed by atoms with van der Waals surface area (Å²) in [5, 5.41) is 11.1. The highest BCUT2D eigenvalue weighted by Gasteiger charge is 2.61. The van der Waals surface area contributed by atoms with Crippen LogP contribution in [0.2, 0.25) is 5.02 Å². The highest BCUT2D eigenvalue weighted by Crippen LogP contribution is 2.54. The van der Waals surface area contributed by atoms with Gasteiger partial charge in [0.05, 0.1) is 12.2 Å². The minimum atomic E-state index is -0.603. The van der Waals surface area contributed by atoms with E-state index < -0.39 is 5.72 Å². The van der Waals surface area contributed by atoms with E-state index in [0.29, 0.717) is 11.6 Å². The molecule has 3 heterocycles. The van der Waals surface area contributed by atoms with Gasteiger partial charge in [-0.25, -0.2) is 0 Å². The third-order valence-corrected chi connectivity index (χ3v) is 4.70. The minimum Gasteiger partial charge on any atom is -0.282 e. The van der Waals surface area contributed by atoms with Gasteiger partial charge in [-0.3, -0.25) is 9.40 Å². The van der Waals surface area contributed by atoms with E-state index in [2.05, 4.69) is 26.9 Å². The molecule has 2 aliphatic heterocycles. The topological polar surface area (TPSA) is 46.2 Å². The Morgan fingerprint density at radius 1 is 1.13 bits per heavy atom. The van der Waals surface area contributed by atoms with Crippen LogP contribution in [0.3, 0.4) is 0 Å². The van der Waals surface area contributed by atoms with Crippen LogP contribution in [0.15, 0.2) is 48.5 Å². The highest BCUT2D eigenvalue weighted by atomic mass is 35.5. The Kier molecular flexibility index (Phi) is 2.54. The zero-order valence-corrected chi connectivity index (χ0v) is 13.2. The number of hydrogen-bond acceptors (Lipinski definition) is 4. The zero-order valence-electron chi connectivity index (χ0n) is 12.4. The average molecular weight is 325 g/mol. The van der Waals surface area contributed by atoms with Gasteiger partial charge in [-0.15, -0.1) is 15.3 Å². The number of benzene rings is 2. The number of rotatable bonds is 1. The maximum absolute atomic E-state index is 6.29. The van der Waals surface area contributed by atoms with Crippen molar-refractivity contribution in [3.8, 4) is 5.69 Å². The predicted octanol–water partition coefficient (Wildman–Crippen LogP) is 3.19. The number of aryl methyl sites for hydroxylation is 1. The van der Waals surface area contributed by atoms with Crippen molar-refractivity contribution in [2.45, 2.75) is 19.2 Å². The van der Waals surface area contributed by atoms with Gasteiger partial charge in [-0.1, -0.05) is 41.9 Å². The molecular formula is C17H13ClN4O. The van der Waals surface area contributed by atoms with Gasteiger partial charge in [0, 0.05) is 16.1 Å². The van der Waals surface area contributed by atoms with Crippen molar-refractivity contribution in [1.82, 2.24) is 19.8 Å². The molecule has 1 aromatic heterocycles. The fraction of sp³-hybridized carbons (Fsp3) is 0.176. The van der Waals surface area contributed by atoms with Crippen LogP contribution in [0, 0.1) is 6.92 Å². The largest absolute Gasteiger partial charge is 0.282 e. The fourth-order valence-electron chi connectivity index (χ4n) is 3.41. The Labute approximate surface area is 138 Å². The summed E-state index contributed by atoms with van der Waals surface area (Å²) in [5.41, 5.74) is 2.50. The van der Waals surface area contributed by atoms with Gasteiger partial charge in [-0.05, 0) is 25.1 Å². The van der Waals surface area contributed by atoms with Crippen LogP contribution < -0.4 is 0 Å². The number of nitrogens with zero attached hydrogens (tertiary/aromatic N) is 4. The van der Waals surface area contributed by atoms with Crippen LogP contribution in [0.1, 0.15) is 22.8 Å². The molecule has 3 aromatic rings. The lowest BCUT2D eigenvalue weighted by Gasteiger charge is -2.16. The lowest BCUT2D eigenvalue weighted by molar-refractivity contribution is 0.183. The second-order valence-corrected chi connectivity index (χ2v) is 6.23. The number of hydroxylamine groups is 2. The maximum Gasteiger partial charge on any atom is 0.218 e. The maximum atomic E-state index is 6.29. The first-order valence-corrected chi connectivity index (χ1v) is 7.81. The lowest BCUT2D eigenvalue weighted by atomic mass is 9.95. The van der Waals surface area contributed by atoms with Gasteiger partial charge in [0.15, 0.2) is 5.82 Å². The molecule has 5 nitrogen and oxygen atoms in total. The Morgan fingerprint density at radius 2 is 1.96 bits per heavy atom. The van der Waals surface area contributed by atoms with Gasteiger partial charge in [0.25, 0.3) is 0 Å². The molecule has 0 radical (unpaired) electrons. The van der Waals surface area contributed by atoms with E-state index in [0.717, 1.165) is 28.5 Å². The van der Waals surface area contributed by atoms with E-state index in [-0.39, 0.29) is 0 Å². The Hall–Kier alpha value is -2.21. The molecular weight excluding hydrogens is 312 g/mol. The third-order valence-electron chi connectivity index (χ3n) is 4.47. The van der Waals surface area contributed by atoms with E-state index in [9.17, 15) is 0 Å². The summed E-state index contributed by atoms with van der Waals surface area (Å²) in [7, 11) is 0. The minimum absolute atomic E-state index is 0.571. The molecule has 6 heteroatoms. The number of hydrogen-bond donors (Lipinski definition) is 0. The molecule has 2 atom stereocenters. The number of aromatic nitrogens is 3. The van der Waals surface area contributed by atoms with Crippen LogP contribution in [0.5, 0.6) is 0 Å². The van der Waals surface area contributed by atoms with Gasteiger partial charge in [0.2, 0.25) is 5.72 Å². The van der Waals surface area contributed by atoms with Crippen molar-refractivity contribution in [3.05, 3.63) is 76.3 Å². The highest BCUT2D eigenvalue weighted by molar-refractivity contribution is 6.30. The monoisotopic (exact) mass is 324 g/mol. The summed E-state index contributed by atoms with van der Waals surface area (Å²) in [6.45, 7) is 2.53. The Morgan fingerprint density at radius 3 is 2.78 bits per heavy atom. The van der Waals surface area contributed by atoms with Crippen LogP contribution >= 0.6 is 11.6 Å². The molecule has 23 heavy (non-hydrogen) atoms. The molecule has 0 bridgehead atoms. The second kappa shape index (κ2) is 4.41. The molecule has 0 spiro atoms. The van der Waals surface area contributed by atoms with E-state index in [1.807, 2.05) is 48.4 Å². The summed E-state index contributed by atoms with van der Waals surface area (Å²) in [6, 6.07) is 16.1. The number of fused-ring (bicyclic) bond motifs is 5. The quantitative estimate of drug-likeness (QED) is 0.645. The summed E-state index contributed by atoms with van der Waals surface area (Å²) in [4.78, 5) is 6.07. The summed E-state index contributed by atoms with van der Waals surface area (Å²) in [5.74, 6) is 1.72. The van der Waals surface area contributed by atoms with Crippen molar-refractivity contribution >= 4 is 11.6 Å². The van der Waals surface area contributed by atoms with Crippen LogP contribution in [-0.4, -0.2) is 19.8 Å². The predicted molar refractivity (Wildman–Crippen MR) is 85.0 cm³/mol. The van der Waals surface area contributed by atoms with Gasteiger partial charge >= 0.3 is 0 Å².